The van der Waals surface area contributed by atoms with Gasteiger partial charge in [-0.25, -0.2) is 4.98 Å². The highest BCUT2D eigenvalue weighted by Crippen LogP contribution is 2.47. The maximum Gasteiger partial charge on any atom is 0.264 e. The van der Waals surface area contributed by atoms with Crippen molar-refractivity contribution in [1.82, 2.24) is 34.1 Å². The molecule has 0 unspecified atom stereocenters. The molecule has 0 atom stereocenters. The van der Waals surface area contributed by atoms with E-state index in [2.05, 4.69) is 64.5 Å². The monoisotopic (exact) mass is 1110 g/mol. The Morgan fingerprint density at radius 1 is 0.762 bits per heavy atom. The van der Waals surface area contributed by atoms with Gasteiger partial charge < -0.3 is 43.7 Å². The van der Waals surface area contributed by atoms with E-state index in [1.807, 2.05) is 90.2 Å². The molecule has 8 rings (SSSR count). The molecule has 0 bridgehead atoms. The van der Waals surface area contributed by atoms with Gasteiger partial charge in [0, 0.05) is 125 Å². The summed E-state index contributed by atoms with van der Waals surface area (Å²) in [4.78, 5) is 53.0. The van der Waals surface area contributed by atoms with Gasteiger partial charge in [-0.1, -0.05) is 47.3 Å². The van der Waals surface area contributed by atoms with Crippen LogP contribution in [-0.4, -0.2) is 138 Å². The molecule has 4 aromatic rings. The van der Waals surface area contributed by atoms with Crippen LogP contribution in [0.5, 0.6) is 23.0 Å². The summed E-state index contributed by atoms with van der Waals surface area (Å²) in [6.45, 7) is 27.7. The average molecular weight is 1110 g/mol. The Bertz CT molecular complexity index is 3160. The van der Waals surface area contributed by atoms with E-state index in [4.69, 9.17) is 18.9 Å². The molecule has 1 spiro atoms. The van der Waals surface area contributed by atoms with Crippen molar-refractivity contribution < 1.29 is 34.0 Å². The van der Waals surface area contributed by atoms with E-state index < -0.39 is 0 Å². The SMILES string of the molecule is C=C1C(C)=C(C)C(c2cc(OC)c(CN3CCN(C(=O)/C(C#N)=C/C(C)(C)C)CC34CC4)c(OC)c2)=CN1C.CC.COc1cc(-c2cn(C)c(=O)c(C)c2C)cc(OC)c1CN1CCN(C(=O)/C(C#N)=C/c2nccs2)CC1.O. The lowest BCUT2D eigenvalue weighted by atomic mass is 9.91. The van der Waals surface area contributed by atoms with Crippen molar-refractivity contribution >= 4 is 34.8 Å². The number of thiazole rings is 1. The normalized spacial score (nSPS) is 16.5. The molecule has 18 heteroatoms. The number of pyridine rings is 1. The van der Waals surface area contributed by atoms with E-state index in [1.165, 1.54) is 16.9 Å². The number of rotatable bonds is 13. The number of ether oxygens (including phenoxy) is 4. The van der Waals surface area contributed by atoms with Gasteiger partial charge in [-0.2, -0.15) is 10.5 Å². The number of aromatic nitrogens is 2. The number of nitrogens with zero attached hydrogens (tertiary/aromatic N) is 9. The third-order valence-corrected chi connectivity index (χ3v) is 15.9. The lowest BCUT2D eigenvalue weighted by Gasteiger charge is -2.42. The molecule has 3 fully saturated rings. The number of carbonyl (C=O) groups excluding carboxylic acids is 2. The van der Waals surface area contributed by atoms with Gasteiger partial charge in [-0.15, -0.1) is 11.3 Å². The average Bonchev–Trinajstić information content (AvgIpc) is 4.06. The van der Waals surface area contributed by atoms with Crippen LogP contribution in [0.25, 0.3) is 22.8 Å². The van der Waals surface area contributed by atoms with Gasteiger partial charge in [0.15, 0.2) is 0 Å². The summed E-state index contributed by atoms with van der Waals surface area (Å²) in [5.41, 5.74) is 10.9. The molecule has 17 nitrogen and oxygen atoms in total. The van der Waals surface area contributed by atoms with Crippen molar-refractivity contribution in [2.24, 2.45) is 12.5 Å². The third kappa shape index (κ3) is 14.1. The standard InChI is InChI=1S/C32H42N4O3.C28H31N5O4S.C2H6.H2O/c1-21-22(2)26(18-34(7)23(21)3)24-14-28(38-8)27(29(15-24)39-9)19-36-13-12-35(20-32(36)10-11-32)30(37)25(17-33)16-31(4,5)6;1-18-19(2)27(34)31(3)16-22(18)20-12-24(36-4)23(25(13-20)37-5)17-32-7-9-33(10-8-32)28(35)21(15-29)14-26-30-6-11-38-26;1-2;/h14-16,18H,3,10-13,19-20H2,1-2,4-9H3;6,11-14,16H,7-10,17H2,1-5H3;1-2H3;1H2/b25-16+;21-14+;;. The van der Waals surface area contributed by atoms with Crippen molar-refractivity contribution in [1.29, 1.82) is 10.5 Å². The van der Waals surface area contributed by atoms with Gasteiger partial charge in [0.05, 0.1) is 39.6 Å². The summed E-state index contributed by atoms with van der Waals surface area (Å²) in [5, 5.41) is 21.6. The smallest absolute Gasteiger partial charge is 0.264 e. The summed E-state index contributed by atoms with van der Waals surface area (Å²) in [7, 11) is 10.4. The third-order valence-electron chi connectivity index (χ3n) is 15.2. The van der Waals surface area contributed by atoms with Gasteiger partial charge in [0.2, 0.25) is 0 Å². The van der Waals surface area contributed by atoms with Crippen LogP contribution in [0.3, 0.4) is 0 Å². The number of likely N-dealkylation sites (N-methyl/N-ethyl adjacent to an activating group) is 1. The second-order valence-electron chi connectivity index (χ2n) is 21.3. The van der Waals surface area contributed by atoms with E-state index in [-0.39, 0.29) is 44.9 Å². The Labute approximate surface area is 477 Å². The van der Waals surface area contributed by atoms with E-state index in [0.717, 1.165) is 81.1 Å². The van der Waals surface area contributed by atoms with Crippen molar-refractivity contribution in [3.8, 4) is 46.3 Å². The first-order valence-corrected chi connectivity index (χ1v) is 27.7. The lowest BCUT2D eigenvalue weighted by molar-refractivity contribution is -0.130. The zero-order valence-corrected chi connectivity index (χ0v) is 50.4. The molecule has 0 radical (unpaired) electrons. The lowest BCUT2D eigenvalue weighted by Crippen LogP contribution is -2.56. The van der Waals surface area contributed by atoms with Crippen molar-refractivity contribution in [3.63, 3.8) is 0 Å². The van der Waals surface area contributed by atoms with Crippen LogP contribution in [0.2, 0.25) is 0 Å². The fourth-order valence-corrected chi connectivity index (χ4v) is 10.8. The van der Waals surface area contributed by atoms with Gasteiger partial charge >= 0.3 is 0 Å². The molecule has 2 amide bonds. The molecule has 2 aromatic heterocycles. The highest BCUT2D eigenvalue weighted by molar-refractivity contribution is 7.10. The van der Waals surface area contributed by atoms with E-state index in [1.54, 1.807) is 63.3 Å². The zero-order chi connectivity index (χ0) is 58.1. The molecule has 80 heavy (non-hydrogen) atoms. The van der Waals surface area contributed by atoms with Crippen LogP contribution >= 0.6 is 11.3 Å². The van der Waals surface area contributed by atoms with Crippen LogP contribution in [0.15, 0.2) is 93.7 Å². The maximum atomic E-state index is 13.2. The van der Waals surface area contributed by atoms with Crippen LogP contribution in [0.1, 0.15) is 94.1 Å². The summed E-state index contributed by atoms with van der Waals surface area (Å²) in [6.07, 6.45) is 11.0. The molecule has 428 valence electrons. The van der Waals surface area contributed by atoms with Crippen LogP contribution < -0.4 is 24.5 Å². The quantitative estimate of drug-likeness (QED) is 0.0907. The fraction of sp³-hybridized carbons (Fsp3) is 0.452. The Morgan fingerprint density at radius 2 is 1.29 bits per heavy atom. The molecule has 2 saturated heterocycles. The summed E-state index contributed by atoms with van der Waals surface area (Å²) in [6, 6.07) is 12.3. The predicted octanol–water partition coefficient (Wildman–Crippen LogP) is 9.11. The minimum Gasteiger partial charge on any atom is -0.496 e. The molecule has 1 aliphatic carbocycles. The number of allylic oxidation sites excluding steroid dienone is 4. The number of benzene rings is 2. The largest absolute Gasteiger partial charge is 0.496 e. The fourth-order valence-electron chi connectivity index (χ4n) is 10.3. The Balaban J connectivity index is 0.000000282. The molecule has 4 aliphatic rings. The van der Waals surface area contributed by atoms with E-state index >= 15 is 0 Å². The molecule has 3 aliphatic heterocycles. The van der Waals surface area contributed by atoms with Crippen molar-refractivity contribution in [3.05, 3.63) is 132 Å². The first kappa shape index (κ1) is 63.4. The molecule has 2 aromatic carbocycles. The van der Waals surface area contributed by atoms with Crippen LogP contribution in [0.4, 0.5) is 0 Å². The maximum absolute atomic E-state index is 13.2. The highest BCUT2D eigenvalue weighted by atomic mass is 32.1. The number of aryl methyl sites for hydroxylation is 1. The van der Waals surface area contributed by atoms with E-state index in [0.29, 0.717) is 74.4 Å². The van der Waals surface area contributed by atoms with Crippen LogP contribution in [0, 0.1) is 41.9 Å². The Morgan fingerprint density at radius 3 is 1.79 bits per heavy atom. The summed E-state index contributed by atoms with van der Waals surface area (Å²) < 4.78 is 25.0. The van der Waals surface area contributed by atoms with Crippen molar-refractivity contribution in [2.75, 3.05) is 81.3 Å². The van der Waals surface area contributed by atoms with Gasteiger partial charge in [0.1, 0.15) is 51.3 Å². The number of piperazine rings is 2. The predicted molar refractivity (Wildman–Crippen MR) is 317 cm³/mol. The van der Waals surface area contributed by atoms with Gasteiger partial charge in [0.25, 0.3) is 17.4 Å². The van der Waals surface area contributed by atoms with Gasteiger partial charge in [-0.3, -0.25) is 24.2 Å². The number of hydrogen-bond donors (Lipinski definition) is 0. The molecular weight excluding hydrogens is 1030 g/mol. The number of nitriles is 2. The minimum absolute atomic E-state index is 0. The zero-order valence-electron chi connectivity index (χ0n) is 49.5. The number of carbonyl (C=O) groups is 2. The Hall–Kier alpha value is -7.48. The molecule has 5 heterocycles. The van der Waals surface area contributed by atoms with E-state index in [9.17, 15) is 24.9 Å². The first-order valence-electron chi connectivity index (χ1n) is 26.8. The second-order valence-corrected chi connectivity index (χ2v) is 22.2. The van der Waals surface area contributed by atoms with Crippen LogP contribution in [-0.2, 0) is 29.7 Å². The number of methoxy groups -OCH3 is 4. The molecular formula is C62H81N9O8S. The van der Waals surface area contributed by atoms with Crippen molar-refractivity contribution in [2.45, 2.75) is 93.8 Å². The Kier molecular flexibility index (Phi) is 21.5. The van der Waals surface area contributed by atoms with Gasteiger partial charge in [-0.05, 0) is 104 Å². The highest BCUT2D eigenvalue weighted by Gasteiger charge is 2.52. The topological polar surface area (TPSA) is 201 Å². The number of hydrogen-bond acceptors (Lipinski definition) is 14. The first-order chi connectivity index (χ1) is 37.6. The molecule has 2 N–H and O–H groups in total. The summed E-state index contributed by atoms with van der Waals surface area (Å²) in [5.74, 6) is 2.53. The summed E-state index contributed by atoms with van der Waals surface area (Å²) >= 11 is 1.38. The minimum atomic E-state index is -0.273. The number of amides is 2. The molecule has 1 saturated carbocycles. The second kappa shape index (κ2) is 27.1.